The third-order valence-electron chi connectivity index (χ3n) is 7.72. The van der Waals surface area contributed by atoms with Gasteiger partial charge in [0.05, 0.1) is 22.9 Å². The molecule has 4 N–H and O–H groups in total. The molecule has 0 spiro atoms. The van der Waals surface area contributed by atoms with Crippen LogP contribution in [0, 0.1) is 17.8 Å². The number of likely N-dealkylation sites (tertiary alicyclic amines) is 1. The minimum absolute atomic E-state index is 0. The average Bonchev–Trinajstić information content (AvgIpc) is 3.47. The molecule has 2 saturated heterocycles. The molecule has 12 heteroatoms. The average molecular weight is 538 g/mol. The molecule has 5 heterocycles. The summed E-state index contributed by atoms with van der Waals surface area (Å²) in [5.74, 6) is -2.45. The summed E-state index contributed by atoms with van der Waals surface area (Å²) < 4.78 is 1.77. The molecule has 3 aliphatic rings. The first-order valence-corrected chi connectivity index (χ1v) is 13.0. The van der Waals surface area contributed by atoms with Gasteiger partial charge < -0.3 is 25.7 Å². The Morgan fingerprint density at radius 1 is 1.31 bits per heavy atom. The number of hydrogen-bond donors (Lipinski definition) is 3. The number of aliphatic carboxylic acids is 1. The Hall–Kier alpha value is -2.31. The summed E-state index contributed by atoms with van der Waals surface area (Å²) in [5.41, 5.74) is 6.57. The van der Waals surface area contributed by atoms with Gasteiger partial charge in [0.2, 0.25) is 5.91 Å². The minimum atomic E-state index is -1.17. The monoisotopic (exact) mass is 537 g/mol. The maximum Gasteiger partial charge on any atom is 0.352 e. The molecule has 5 rings (SSSR count). The third-order valence-corrected chi connectivity index (χ3v) is 8.86. The summed E-state index contributed by atoms with van der Waals surface area (Å²) in [6, 6.07) is -0.381. The molecule has 36 heavy (non-hydrogen) atoms. The fourth-order valence-electron chi connectivity index (χ4n) is 5.91. The van der Waals surface area contributed by atoms with Crippen molar-refractivity contribution in [3.8, 4) is 0 Å². The second kappa shape index (κ2) is 10.2. The number of β-lactam (4-membered cyclic amide) rings is 1. The van der Waals surface area contributed by atoms with Crippen molar-refractivity contribution in [1.82, 2.24) is 19.2 Å². The quantitative estimate of drug-likeness (QED) is 0.341. The van der Waals surface area contributed by atoms with E-state index < -0.39 is 18.0 Å². The maximum absolute atomic E-state index is 13.3. The van der Waals surface area contributed by atoms with Gasteiger partial charge in [-0.15, -0.1) is 23.7 Å². The lowest BCUT2D eigenvalue weighted by Crippen LogP contribution is -2.63. The summed E-state index contributed by atoms with van der Waals surface area (Å²) in [6.45, 7) is 6.80. The fourth-order valence-corrected chi connectivity index (χ4v) is 7.14. The molecular weight excluding hydrogens is 506 g/mol. The number of carboxylic acids is 1. The largest absolute Gasteiger partial charge is 0.477 e. The highest BCUT2D eigenvalue weighted by Gasteiger charge is 2.60. The molecule has 3 aliphatic heterocycles. The number of piperidine rings is 1. The van der Waals surface area contributed by atoms with Crippen molar-refractivity contribution in [1.29, 1.82) is 0 Å². The summed E-state index contributed by atoms with van der Waals surface area (Å²) in [4.78, 5) is 47.6. The number of nitrogens with zero attached hydrogens (tertiary/aromatic N) is 4. The van der Waals surface area contributed by atoms with E-state index in [9.17, 15) is 24.6 Å². The molecule has 0 radical (unpaired) electrons. The van der Waals surface area contributed by atoms with Crippen LogP contribution in [0.5, 0.6) is 0 Å². The topological polar surface area (TPSA) is 141 Å². The van der Waals surface area contributed by atoms with Gasteiger partial charge in [0.25, 0.3) is 0 Å². The number of ketones is 1. The number of carbonyl (C=O) groups is 3. The molecule has 0 unspecified atom stereocenters. The molecule has 2 aromatic rings. The lowest BCUT2D eigenvalue weighted by Gasteiger charge is -2.46. The van der Waals surface area contributed by atoms with Gasteiger partial charge in [-0.1, -0.05) is 6.92 Å². The van der Waals surface area contributed by atoms with Gasteiger partial charge in [-0.2, -0.15) is 0 Å². The number of aromatic nitrogens is 2. The van der Waals surface area contributed by atoms with E-state index in [0.717, 1.165) is 38.9 Å². The number of aliphatic hydroxyl groups excluding tert-OH is 1. The molecular formula is C24H32ClN5O5S. The Balaban J connectivity index is 0.00000304. The number of nitrogens with two attached hydrogens (primary N) is 1. The SMILES string of the molecule is C[C@@H](O)[C@H]1C(=O)N2C(C(=O)O)=C(c3cn4cnc(C(=O)C5CCN(CCCN)CC5)c4s3)[C@H](C)[C@H]12.Cl. The van der Waals surface area contributed by atoms with Crippen LogP contribution in [0.15, 0.2) is 18.2 Å². The van der Waals surface area contributed by atoms with Crippen LogP contribution >= 0.6 is 23.7 Å². The van der Waals surface area contributed by atoms with Crippen LogP contribution in [-0.4, -0.2) is 85.4 Å². The number of thiazole rings is 1. The molecule has 196 valence electrons. The van der Waals surface area contributed by atoms with E-state index in [2.05, 4.69) is 9.88 Å². The number of rotatable bonds is 8. The second-order valence-corrected chi connectivity index (χ2v) is 10.9. The number of carbonyl (C=O) groups excluding carboxylic acids is 2. The Labute approximate surface area is 219 Å². The van der Waals surface area contributed by atoms with Crippen molar-refractivity contribution in [2.75, 3.05) is 26.2 Å². The zero-order chi connectivity index (χ0) is 25.0. The van der Waals surface area contributed by atoms with Gasteiger partial charge in [0.1, 0.15) is 22.5 Å². The van der Waals surface area contributed by atoms with E-state index in [1.165, 1.54) is 16.2 Å². The van der Waals surface area contributed by atoms with Crippen molar-refractivity contribution in [2.24, 2.45) is 23.5 Å². The van der Waals surface area contributed by atoms with E-state index in [1.807, 2.05) is 6.92 Å². The number of hydrogen-bond acceptors (Lipinski definition) is 8. The number of amides is 1. The van der Waals surface area contributed by atoms with E-state index >= 15 is 0 Å². The van der Waals surface area contributed by atoms with E-state index in [1.54, 1.807) is 23.8 Å². The zero-order valence-electron chi connectivity index (χ0n) is 20.3. The van der Waals surface area contributed by atoms with Crippen molar-refractivity contribution in [3.05, 3.63) is 28.8 Å². The molecule has 4 atom stereocenters. The minimum Gasteiger partial charge on any atom is -0.477 e. The molecule has 10 nitrogen and oxygen atoms in total. The van der Waals surface area contributed by atoms with Gasteiger partial charge in [-0.25, -0.2) is 9.78 Å². The fraction of sp³-hybridized carbons (Fsp3) is 0.583. The number of carboxylic acid groups (broad SMARTS) is 1. The lowest BCUT2D eigenvalue weighted by molar-refractivity contribution is -0.163. The molecule has 0 saturated carbocycles. The maximum atomic E-state index is 13.3. The third kappa shape index (κ3) is 4.16. The number of Topliss-reactive ketones (excluding diaryl/α,β-unsaturated/α-hetero) is 1. The van der Waals surface area contributed by atoms with Crippen molar-refractivity contribution >= 4 is 51.8 Å². The molecule has 1 amide bonds. The number of imidazole rings is 1. The van der Waals surface area contributed by atoms with Crippen molar-refractivity contribution < 1.29 is 24.6 Å². The van der Waals surface area contributed by atoms with Gasteiger partial charge >= 0.3 is 5.97 Å². The van der Waals surface area contributed by atoms with Crippen LogP contribution < -0.4 is 5.73 Å². The van der Waals surface area contributed by atoms with Crippen LogP contribution in [0.25, 0.3) is 10.4 Å². The summed E-state index contributed by atoms with van der Waals surface area (Å²) in [6.07, 6.45) is 5.05. The van der Waals surface area contributed by atoms with Crippen molar-refractivity contribution in [2.45, 2.75) is 45.3 Å². The predicted octanol–water partition coefficient (Wildman–Crippen LogP) is 1.71. The standard InChI is InChI=1S/C24H31N5O5S.ClH/c1-12-16(20(24(33)34)29-19(12)17(13(2)30)22(29)32)15-10-28-11-26-18(23(28)35-15)21(31)14-4-8-27(9-5-14)7-3-6-25;/h10-14,17,19,30H,3-9,25H2,1-2H3,(H,33,34);1H/t12-,13+,17+,19+;/m0./s1. The number of aliphatic hydroxyl groups is 1. The van der Waals surface area contributed by atoms with Gasteiger partial charge in [-0.05, 0) is 52.4 Å². The normalized spacial score (nSPS) is 25.6. The molecule has 2 aromatic heterocycles. The van der Waals surface area contributed by atoms with Crippen LogP contribution in [0.4, 0.5) is 0 Å². The summed E-state index contributed by atoms with van der Waals surface area (Å²) in [5, 5.41) is 20.0. The lowest BCUT2D eigenvalue weighted by atomic mass is 9.77. The second-order valence-electron chi connectivity index (χ2n) is 9.84. The highest BCUT2D eigenvalue weighted by atomic mass is 35.5. The smallest absolute Gasteiger partial charge is 0.352 e. The highest BCUT2D eigenvalue weighted by Crippen LogP contribution is 2.51. The Morgan fingerprint density at radius 2 is 2.00 bits per heavy atom. The first-order valence-electron chi connectivity index (χ1n) is 12.2. The molecule has 0 aliphatic carbocycles. The van der Waals surface area contributed by atoms with Crippen LogP contribution in [0.1, 0.15) is 48.5 Å². The highest BCUT2D eigenvalue weighted by molar-refractivity contribution is 7.18. The molecule has 0 bridgehead atoms. The Kier molecular flexibility index (Phi) is 7.59. The van der Waals surface area contributed by atoms with E-state index in [0.29, 0.717) is 27.5 Å². The van der Waals surface area contributed by atoms with Gasteiger partial charge in [0.15, 0.2) is 5.78 Å². The zero-order valence-corrected chi connectivity index (χ0v) is 21.9. The molecule has 0 aromatic carbocycles. The Morgan fingerprint density at radius 3 is 2.61 bits per heavy atom. The summed E-state index contributed by atoms with van der Waals surface area (Å²) >= 11 is 1.33. The van der Waals surface area contributed by atoms with Crippen LogP contribution in [0.2, 0.25) is 0 Å². The first-order chi connectivity index (χ1) is 16.7. The Bertz CT molecular complexity index is 1210. The van der Waals surface area contributed by atoms with E-state index in [-0.39, 0.29) is 47.7 Å². The van der Waals surface area contributed by atoms with E-state index in [4.69, 9.17) is 5.73 Å². The number of fused-ring (bicyclic) bond motifs is 2. The van der Waals surface area contributed by atoms with Gasteiger partial charge in [0, 0.05) is 23.6 Å². The van der Waals surface area contributed by atoms with Crippen LogP contribution in [0.3, 0.4) is 0 Å². The summed E-state index contributed by atoms with van der Waals surface area (Å²) in [7, 11) is 0. The van der Waals surface area contributed by atoms with Crippen molar-refractivity contribution in [3.63, 3.8) is 0 Å². The van der Waals surface area contributed by atoms with Gasteiger partial charge in [-0.3, -0.25) is 14.0 Å². The molecule has 2 fully saturated rings. The first kappa shape index (κ1) is 26.7. The van der Waals surface area contributed by atoms with Crippen LogP contribution in [-0.2, 0) is 9.59 Å². The predicted molar refractivity (Wildman–Crippen MR) is 137 cm³/mol. The number of halogens is 1.